The van der Waals surface area contributed by atoms with E-state index in [1.54, 1.807) is 22.8 Å². The van der Waals surface area contributed by atoms with Crippen LogP contribution in [0.3, 0.4) is 0 Å². The number of amides is 1. The molecule has 1 fully saturated rings. The van der Waals surface area contributed by atoms with Crippen LogP contribution in [0, 0.1) is 5.92 Å². The molecule has 0 bridgehead atoms. The fourth-order valence-corrected chi connectivity index (χ4v) is 4.37. The van der Waals surface area contributed by atoms with Crippen molar-refractivity contribution < 1.29 is 4.79 Å². The number of nitrogens with one attached hydrogen (secondary N) is 1. The van der Waals surface area contributed by atoms with E-state index in [0.717, 1.165) is 25.7 Å². The van der Waals surface area contributed by atoms with E-state index in [4.69, 9.17) is 11.6 Å². The van der Waals surface area contributed by atoms with Crippen LogP contribution in [-0.2, 0) is 4.79 Å². The number of fused-ring (bicyclic) bond motifs is 1. The molecule has 1 aromatic carbocycles. The van der Waals surface area contributed by atoms with Gasteiger partial charge in [-0.1, -0.05) is 50.1 Å². The zero-order valence-corrected chi connectivity index (χ0v) is 17.6. The van der Waals surface area contributed by atoms with Crippen molar-refractivity contribution in [1.29, 1.82) is 0 Å². The van der Waals surface area contributed by atoms with E-state index < -0.39 is 0 Å². The topological polar surface area (TPSA) is 64.0 Å². The van der Waals surface area contributed by atoms with Gasteiger partial charge in [0.15, 0.2) is 5.16 Å². The van der Waals surface area contributed by atoms with Crippen LogP contribution >= 0.6 is 23.4 Å². The Bertz CT molecular complexity index is 891. The molecule has 5 nitrogen and oxygen atoms in total. The molecule has 0 spiro atoms. The van der Waals surface area contributed by atoms with Gasteiger partial charge in [-0.3, -0.25) is 14.2 Å². The largest absolute Gasteiger partial charge is 0.353 e. The van der Waals surface area contributed by atoms with Gasteiger partial charge in [0.2, 0.25) is 5.91 Å². The molecule has 3 rings (SSSR count). The summed E-state index contributed by atoms with van der Waals surface area (Å²) in [5.41, 5.74) is 0.544. The maximum Gasteiger partial charge on any atom is 0.262 e. The maximum atomic E-state index is 13.1. The molecule has 1 saturated carbocycles. The Balaban J connectivity index is 1.91. The van der Waals surface area contributed by atoms with Gasteiger partial charge in [0.1, 0.15) is 0 Å². The number of rotatable bonds is 6. The molecule has 146 valence electrons. The van der Waals surface area contributed by atoms with Gasteiger partial charge in [-0.25, -0.2) is 4.98 Å². The first-order valence-electron chi connectivity index (χ1n) is 9.50. The smallest absolute Gasteiger partial charge is 0.262 e. The number of carbonyl (C=O) groups is 1. The van der Waals surface area contributed by atoms with E-state index in [9.17, 15) is 9.59 Å². The monoisotopic (exact) mass is 407 g/mol. The third-order valence-corrected chi connectivity index (χ3v) is 6.43. The standard InChI is InChI=1S/C20H26ClN3O2S/c1-12(2)13(3)22-18(25)11-27-20-23-17-10-14(21)8-9-16(17)19(26)24(20)15-6-4-5-7-15/h8-10,12-13,15H,4-7,11H2,1-3H3,(H,22,25)/t13-/m0/s1. The van der Waals surface area contributed by atoms with Gasteiger partial charge in [0, 0.05) is 17.1 Å². The lowest BCUT2D eigenvalue weighted by Gasteiger charge is -2.20. The van der Waals surface area contributed by atoms with Crippen molar-refractivity contribution in [2.24, 2.45) is 5.92 Å². The number of hydrogen-bond acceptors (Lipinski definition) is 4. The lowest BCUT2D eigenvalue weighted by atomic mass is 10.1. The van der Waals surface area contributed by atoms with Crippen molar-refractivity contribution in [3.05, 3.63) is 33.6 Å². The Hall–Kier alpha value is -1.53. The number of nitrogens with zero attached hydrogens (tertiary/aromatic N) is 2. The van der Waals surface area contributed by atoms with Gasteiger partial charge in [-0.05, 0) is 43.9 Å². The van der Waals surface area contributed by atoms with Gasteiger partial charge >= 0.3 is 0 Å². The number of benzene rings is 1. The third kappa shape index (κ3) is 4.66. The number of hydrogen-bond donors (Lipinski definition) is 1. The molecule has 1 amide bonds. The molecule has 0 unspecified atom stereocenters. The summed E-state index contributed by atoms with van der Waals surface area (Å²) >= 11 is 7.41. The fraction of sp³-hybridized carbons (Fsp3) is 0.550. The summed E-state index contributed by atoms with van der Waals surface area (Å²) in [4.78, 5) is 30.1. The average molecular weight is 408 g/mol. The van der Waals surface area contributed by atoms with Crippen molar-refractivity contribution in [3.8, 4) is 0 Å². The first-order valence-corrected chi connectivity index (χ1v) is 10.9. The summed E-state index contributed by atoms with van der Waals surface area (Å²) in [6.45, 7) is 6.15. The van der Waals surface area contributed by atoms with E-state index in [1.807, 2.05) is 6.92 Å². The molecule has 7 heteroatoms. The minimum atomic E-state index is -0.0420. The van der Waals surface area contributed by atoms with Crippen LogP contribution in [0.1, 0.15) is 52.5 Å². The second-order valence-corrected chi connectivity index (χ2v) is 8.94. The Labute approximate surface area is 168 Å². The van der Waals surface area contributed by atoms with E-state index in [0.29, 0.717) is 27.0 Å². The second kappa shape index (κ2) is 8.65. The molecule has 0 aliphatic heterocycles. The highest BCUT2D eigenvalue weighted by atomic mass is 35.5. The molecule has 1 aliphatic carbocycles. The SMILES string of the molecule is CC(C)[C@H](C)NC(=O)CSc1nc2cc(Cl)ccc2c(=O)n1C1CCCC1. The number of halogens is 1. The van der Waals surface area contributed by atoms with Gasteiger partial charge < -0.3 is 5.32 Å². The van der Waals surface area contributed by atoms with Crippen molar-refractivity contribution in [1.82, 2.24) is 14.9 Å². The fourth-order valence-electron chi connectivity index (χ4n) is 3.33. The predicted octanol–water partition coefficient (Wildman–Crippen LogP) is 4.42. The molecule has 27 heavy (non-hydrogen) atoms. The van der Waals surface area contributed by atoms with Gasteiger partial charge in [-0.15, -0.1) is 0 Å². The zero-order valence-electron chi connectivity index (χ0n) is 16.0. The van der Waals surface area contributed by atoms with Crippen LogP contribution in [0.25, 0.3) is 10.9 Å². The molecular formula is C20H26ClN3O2S. The molecular weight excluding hydrogens is 382 g/mol. The maximum absolute atomic E-state index is 13.1. The summed E-state index contributed by atoms with van der Waals surface area (Å²) in [6, 6.07) is 5.44. The van der Waals surface area contributed by atoms with Gasteiger partial charge in [0.25, 0.3) is 5.56 Å². The second-order valence-electron chi connectivity index (χ2n) is 7.56. The number of carbonyl (C=O) groups excluding carboxylic acids is 1. The molecule has 1 aliphatic rings. The molecule has 0 saturated heterocycles. The highest BCUT2D eigenvalue weighted by molar-refractivity contribution is 7.99. The van der Waals surface area contributed by atoms with Crippen molar-refractivity contribution in [2.45, 2.75) is 63.7 Å². The van der Waals surface area contributed by atoms with Crippen LogP contribution in [-0.4, -0.2) is 27.3 Å². The van der Waals surface area contributed by atoms with Gasteiger partial charge in [-0.2, -0.15) is 0 Å². The minimum absolute atomic E-state index is 0.0398. The van der Waals surface area contributed by atoms with E-state index in [-0.39, 0.29) is 29.3 Å². The van der Waals surface area contributed by atoms with Crippen LogP contribution in [0.2, 0.25) is 5.02 Å². The summed E-state index contributed by atoms with van der Waals surface area (Å²) < 4.78 is 1.80. The highest BCUT2D eigenvalue weighted by Gasteiger charge is 2.23. The molecule has 1 N–H and O–H groups in total. The molecule has 1 heterocycles. The van der Waals surface area contributed by atoms with Crippen LogP contribution in [0.15, 0.2) is 28.2 Å². The van der Waals surface area contributed by atoms with Crippen LogP contribution in [0.5, 0.6) is 0 Å². The van der Waals surface area contributed by atoms with Gasteiger partial charge in [0.05, 0.1) is 16.7 Å². The summed E-state index contributed by atoms with van der Waals surface area (Å²) in [7, 11) is 0. The highest BCUT2D eigenvalue weighted by Crippen LogP contribution is 2.32. The molecule has 2 aromatic rings. The first kappa shape index (κ1) is 20.2. The van der Waals surface area contributed by atoms with Crippen molar-refractivity contribution in [2.75, 3.05) is 5.75 Å². The van der Waals surface area contributed by atoms with Crippen LogP contribution < -0.4 is 10.9 Å². The summed E-state index contributed by atoms with van der Waals surface area (Å²) in [5, 5.41) is 4.73. The Morgan fingerprint density at radius 1 is 1.33 bits per heavy atom. The molecule has 1 aromatic heterocycles. The Morgan fingerprint density at radius 2 is 2.04 bits per heavy atom. The van der Waals surface area contributed by atoms with Crippen LogP contribution in [0.4, 0.5) is 0 Å². The Morgan fingerprint density at radius 3 is 2.70 bits per heavy atom. The number of aromatic nitrogens is 2. The summed E-state index contributed by atoms with van der Waals surface area (Å²) in [5.74, 6) is 0.568. The zero-order chi connectivity index (χ0) is 19.6. The average Bonchev–Trinajstić information content (AvgIpc) is 3.13. The quantitative estimate of drug-likeness (QED) is 0.568. The normalized spacial score (nSPS) is 16.2. The first-order chi connectivity index (χ1) is 12.9. The van der Waals surface area contributed by atoms with E-state index in [1.165, 1.54) is 11.8 Å². The van der Waals surface area contributed by atoms with Crippen molar-refractivity contribution >= 4 is 40.2 Å². The lowest BCUT2D eigenvalue weighted by Crippen LogP contribution is -2.37. The summed E-state index contributed by atoms with van der Waals surface area (Å²) in [6.07, 6.45) is 4.19. The minimum Gasteiger partial charge on any atom is -0.353 e. The van der Waals surface area contributed by atoms with E-state index in [2.05, 4.69) is 24.1 Å². The Kier molecular flexibility index (Phi) is 6.48. The molecule has 1 atom stereocenters. The molecule has 0 radical (unpaired) electrons. The van der Waals surface area contributed by atoms with E-state index >= 15 is 0 Å². The predicted molar refractivity (Wildman–Crippen MR) is 112 cm³/mol. The van der Waals surface area contributed by atoms with Crippen molar-refractivity contribution in [3.63, 3.8) is 0 Å². The third-order valence-electron chi connectivity index (χ3n) is 5.24. The number of thioether (sulfide) groups is 1. The lowest BCUT2D eigenvalue weighted by molar-refractivity contribution is -0.119.